The van der Waals surface area contributed by atoms with Gasteiger partial charge < -0.3 is 26.3 Å². The normalized spacial score (nSPS) is 10.0. The monoisotopic (exact) mass is 317 g/mol. The fraction of sp³-hybridized carbons (Fsp3) is 0.143. The lowest BCUT2D eigenvalue weighted by molar-refractivity contribution is 0.0599. The number of nitrogen functional groups attached to an aromatic ring is 2. The lowest BCUT2D eigenvalue weighted by atomic mass is 10.1. The number of benzene rings is 1. The number of hydrogen-bond acceptors (Lipinski definition) is 9. The summed E-state index contributed by atoms with van der Waals surface area (Å²) in [5.41, 5.74) is 12.3. The van der Waals surface area contributed by atoms with E-state index in [0.717, 1.165) is 0 Å². The number of carbonyl (C=O) groups excluding carboxylic acids is 2. The fourth-order valence-corrected chi connectivity index (χ4v) is 1.82. The van der Waals surface area contributed by atoms with Gasteiger partial charge in [-0.1, -0.05) is 0 Å². The highest BCUT2D eigenvalue weighted by molar-refractivity contribution is 5.97. The van der Waals surface area contributed by atoms with Crippen LogP contribution in [-0.4, -0.2) is 36.1 Å². The number of anilines is 4. The second-order valence-corrected chi connectivity index (χ2v) is 4.43. The van der Waals surface area contributed by atoms with E-state index in [4.69, 9.17) is 11.5 Å². The van der Waals surface area contributed by atoms with Gasteiger partial charge in [0.15, 0.2) is 11.6 Å². The number of nitrogens with zero attached hydrogens (tertiary/aromatic N) is 2. The second-order valence-electron chi connectivity index (χ2n) is 4.43. The van der Waals surface area contributed by atoms with Crippen LogP contribution in [-0.2, 0) is 9.47 Å². The zero-order valence-electron chi connectivity index (χ0n) is 12.5. The Morgan fingerprint density at radius 3 is 2.09 bits per heavy atom. The first-order chi connectivity index (χ1) is 11.0. The molecule has 9 heteroatoms. The third-order valence-electron chi connectivity index (χ3n) is 2.95. The molecule has 0 unspecified atom stereocenters. The molecule has 0 fully saturated rings. The average molecular weight is 317 g/mol. The summed E-state index contributed by atoms with van der Waals surface area (Å²) in [7, 11) is 2.48. The number of hydrogen-bond donors (Lipinski definition) is 3. The van der Waals surface area contributed by atoms with Crippen LogP contribution < -0.4 is 16.8 Å². The molecule has 2 aromatic rings. The first-order valence-electron chi connectivity index (χ1n) is 6.41. The van der Waals surface area contributed by atoms with Crippen molar-refractivity contribution in [1.29, 1.82) is 0 Å². The minimum Gasteiger partial charge on any atom is -0.465 e. The molecule has 9 nitrogen and oxygen atoms in total. The summed E-state index contributed by atoms with van der Waals surface area (Å²) in [6, 6.07) is 4.33. The minimum atomic E-state index is -0.603. The van der Waals surface area contributed by atoms with E-state index in [2.05, 4.69) is 24.8 Å². The summed E-state index contributed by atoms with van der Waals surface area (Å²) < 4.78 is 9.33. The van der Waals surface area contributed by atoms with Crippen LogP contribution in [0.15, 0.2) is 24.5 Å². The van der Waals surface area contributed by atoms with Gasteiger partial charge in [0.05, 0.1) is 25.3 Å². The third-order valence-corrected chi connectivity index (χ3v) is 2.95. The van der Waals surface area contributed by atoms with Crippen LogP contribution in [0.3, 0.4) is 0 Å². The van der Waals surface area contributed by atoms with E-state index in [-0.39, 0.29) is 28.5 Å². The SMILES string of the molecule is COC(=O)c1cc(Nc2ncnc(N)c2N)cc(C(=O)OC)c1. The van der Waals surface area contributed by atoms with E-state index >= 15 is 0 Å². The molecular formula is C14H15N5O4. The average Bonchev–Trinajstić information content (AvgIpc) is 2.57. The zero-order chi connectivity index (χ0) is 17.0. The smallest absolute Gasteiger partial charge is 0.337 e. The van der Waals surface area contributed by atoms with Crippen molar-refractivity contribution in [3.8, 4) is 0 Å². The van der Waals surface area contributed by atoms with Gasteiger partial charge >= 0.3 is 11.9 Å². The molecule has 0 aliphatic heterocycles. The predicted molar refractivity (Wildman–Crippen MR) is 83.3 cm³/mol. The van der Waals surface area contributed by atoms with E-state index in [0.29, 0.717) is 5.69 Å². The van der Waals surface area contributed by atoms with Gasteiger partial charge in [0.1, 0.15) is 12.0 Å². The number of aromatic nitrogens is 2. The predicted octanol–water partition coefficient (Wildman–Crippen LogP) is 0.958. The van der Waals surface area contributed by atoms with Crippen LogP contribution in [0.2, 0.25) is 0 Å². The molecule has 0 atom stereocenters. The minimum absolute atomic E-state index is 0.111. The van der Waals surface area contributed by atoms with E-state index in [1.807, 2.05) is 0 Å². The first kappa shape index (κ1) is 16.0. The maximum Gasteiger partial charge on any atom is 0.337 e. The van der Waals surface area contributed by atoms with Crippen LogP contribution in [0.25, 0.3) is 0 Å². The molecule has 0 spiro atoms. The molecule has 0 aliphatic carbocycles. The van der Waals surface area contributed by atoms with Gasteiger partial charge in [-0.05, 0) is 18.2 Å². The Hall–Kier alpha value is -3.36. The highest BCUT2D eigenvalue weighted by atomic mass is 16.5. The lowest BCUT2D eigenvalue weighted by Gasteiger charge is -2.11. The Morgan fingerprint density at radius 1 is 1.00 bits per heavy atom. The molecule has 23 heavy (non-hydrogen) atoms. The van der Waals surface area contributed by atoms with Crippen molar-refractivity contribution in [3.05, 3.63) is 35.7 Å². The summed E-state index contributed by atoms with van der Waals surface area (Å²) in [5.74, 6) is -0.849. The molecular weight excluding hydrogens is 302 g/mol. The van der Waals surface area contributed by atoms with Crippen LogP contribution in [0.4, 0.5) is 23.0 Å². The summed E-state index contributed by atoms with van der Waals surface area (Å²) >= 11 is 0. The summed E-state index contributed by atoms with van der Waals surface area (Å²) in [4.78, 5) is 31.2. The van der Waals surface area contributed by atoms with Crippen molar-refractivity contribution in [1.82, 2.24) is 9.97 Å². The molecule has 5 N–H and O–H groups in total. The Bertz CT molecular complexity index is 729. The summed E-state index contributed by atoms with van der Waals surface area (Å²) in [6.45, 7) is 0. The van der Waals surface area contributed by atoms with E-state index in [1.165, 1.54) is 38.7 Å². The van der Waals surface area contributed by atoms with Crippen LogP contribution >= 0.6 is 0 Å². The molecule has 0 aliphatic rings. The highest BCUT2D eigenvalue weighted by Crippen LogP contribution is 2.25. The van der Waals surface area contributed by atoms with Crippen molar-refractivity contribution in [2.75, 3.05) is 31.0 Å². The zero-order valence-corrected chi connectivity index (χ0v) is 12.5. The van der Waals surface area contributed by atoms with Crippen molar-refractivity contribution < 1.29 is 19.1 Å². The number of esters is 2. The van der Waals surface area contributed by atoms with Gasteiger partial charge in [-0.2, -0.15) is 0 Å². The van der Waals surface area contributed by atoms with Gasteiger partial charge in [0.25, 0.3) is 0 Å². The number of methoxy groups -OCH3 is 2. The van der Waals surface area contributed by atoms with Gasteiger partial charge in [-0.3, -0.25) is 0 Å². The van der Waals surface area contributed by atoms with Gasteiger partial charge in [-0.15, -0.1) is 0 Å². The number of ether oxygens (including phenoxy) is 2. The molecule has 0 radical (unpaired) electrons. The summed E-state index contributed by atoms with van der Waals surface area (Å²) in [6.07, 6.45) is 1.24. The Kier molecular flexibility index (Phi) is 4.60. The van der Waals surface area contributed by atoms with Crippen molar-refractivity contribution >= 4 is 34.9 Å². The maximum atomic E-state index is 11.7. The molecule has 0 saturated carbocycles. The molecule has 0 saturated heterocycles. The number of nitrogens with two attached hydrogens (primary N) is 2. The molecule has 0 bridgehead atoms. The Balaban J connectivity index is 2.46. The van der Waals surface area contributed by atoms with Gasteiger partial charge in [0.2, 0.25) is 0 Å². The third kappa shape index (κ3) is 3.46. The molecule has 2 rings (SSSR count). The number of rotatable bonds is 4. The van der Waals surface area contributed by atoms with Gasteiger partial charge in [0, 0.05) is 5.69 Å². The number of carbonyl (C=O) groups is 2. The standard InChI is InChI=1S/C14H15N5O4/c1-22-13(20)7-3-8(14(21)23-2)5-9(4-7)19-12-10(15)11(16)17-6-18-12/h3-6H,15H2,1-2H3,(H3,16,17,18,19). The van der Waals surface area contributed by atoms with Crippen LogP contribution in [0.1, 0.15) is 20.7 Å². The van der Waals surface area contributed by atoms with E-state index in [9.17, 15) is 9.59 Å². The molecule has 0 amide bonds. The second kappa shape index (κ2) is 6.60. The van der Waals surface area contributed by atoms with E-state index < -0.39 is 11.9 Å². The number of nitrogens with one attached hydrogen (secondary N) is 1. The fourth-order valence-electron chi connectivity index (χ4n) is 1.82. The highest BCUT2D eigenvalue weighted by Gasteiger charge is 2.15. The van der Waals surface area contributed by atoms with Crippen molar-refractivity contribution in [2.24, 2.45) is 0 Å². The van der Waals surface area contributed by atoms with E-state index in [1.54, 1.807) is 0 Å². The molecule has 1 aromatic carbocycles. The summed E-state index contributed by atoms with van der Waals surface area (Å²) in [5, 5.41) is 2.88. The van der Waals surface area contributed by atoms with Crippen molar-refractivity contribution in [2.45, 2.75) is 0 Å². The quantitative estimate of drug-likeness (QED) is 0.702. The lowest BCUT2D eigenvalue weighted by Crippen LogP contribution is -2.09. The molecule has 120 valence electrons. The molecule has 1 aromatic heterocycles. The Labute approximate surface area is 131 Å². The van der Waals surface area contributed by atoms with Gasteiger partial charge in [-0.25, -0.2) is 19.6 Å². The molecule has 1 heterocycles. The Morgan fingerprint density at radius 2 is 1.57 bits per heavy atom. The van der Waals surface area contributed by atoms with Crippen LogP contribution in [0, 0.1) is 0 Å². The first-order valence-corrected chi connectivity index (χ1v) is 6.41. The van der Waals surface area contributed by atoms with Crippen molar-refractivity contribution in [3.63, 3.8) is 0 Å². The largest absolute Gasteiger partial charge is 0.465 e. The topological polar surface area (TPSA) is 142 Å². The maximum absolute atomic E-state index is 11.7. The van der Waals surface area contributed by atoms with Crippen LogP contribution in [0.5, 0.6) is 0 Å².